The molecule has 0 amide bonds. The van der Waals surface area contributed by atoms with E-state index < -0.39 is 21.6 Å². The Morgan fingerprint density at radius 2 is 0.463 bits per heavy atom. The molecule has 0 unspecified atom stereocenters. The summed E-state index contributed by atoms with van der Waals surface area (Å²) in [7, 11) is -4.49. The number of halogens is 1. The van der Waals surface area contributed by atoms with Gasteiger partial charge in [0.15, 0.2) is 16.1 Å². The van der Waals surface area contributed by atoms with Crippen molar-refractivity contribution in [1.82, 2.24) is 0 Å². The number of benzene rings is 18. The molecule has 0 aromatic heterocycles. The molecule has 0 radical (unpaired) electrons. The summed E-state index contributed by atoms with van der Waals surface area (Å²) in [5.74, 6) is 0. The minimum atomic E-state index is -2.72. The molecule has 5 nitrogen and oxygen atoms in total. The second-order valence-electron chi connectivity index (χ2n) is 30.3. The van der Waals surface area contributed by atoms with Crippen LogP contribution in [0, 0.1) is 0 Å². The summed E-state index contributed by atoms with van der Waals surface area (Å²) >= 11 is 3.69. The topological polar surface area (TPSA) is 44.8 Å². The van der Waals surface area contributed by atoms with Crippen LogP contribution in [0.25, 0.3) is 0 Å². The molecule has 22 rings (SSSR count). The van der Waals surface area contributed by atoms with E-state index in [0.29, 0.717) is 0 Å². The van der Waals surface area contributed by atoms with E-state index in [9.17, 15) is 0 Å². The van der Waals surface area contributed by atoms with Crippen molar-refractivity contribution >= 4 is 136 Å². The van der Waals surface area contributed by atoms with Crippen LogP contribution in [0.4, 0.5) is 62.6 Å². The molecule has 0 saturated carbocycles. The van der Waals surface area contributed by atoms with Gasteiger partial charge in [0.05, 0.1) is 22.2 Å². The zero-order chi connectivity index (χ0) is 82.2. The van der Waals surface area contributed by atoms with Crippen LogP contribution in [-0.4, -0.2) is 23.3 Å². The van der Waals surface area contributed by atoms with Crippen molar-refractivity contribution in [3.05, 3.63) is 534 Å². The Balaban J connectivity index is 0.000000153. The van der Waals surface area contributed by atoms with Gasteiger partial charge < -0.3 is 25.1 Å². The van der Waals surface area contributed by atoms with Crippen molar-refractivity contribution < 1.29 is 36.1 Å². The molecule has 1 N–H and O–H groups in total. The van der Waals surface area contributed by atoms with Crippen LogP contribution in [0.5, 0.6) is 0 Å². The Morgan fingerprint density at radius 3 is 0.764 bits per heavy atom. The van der Waals surface area contributed by atoms with Gasteiger partial charge in [0, 0.05) is 57.1 Å². The normalized spacial score (nSPS) is 13.6. The van der Waals surface area contributed by atoms with E-state index in [1.807, 2.05) is 13.8 Å². The summed E-state index contributed by atoms with van der Waals surface area (Å²) in [5, 5.41) is 23.1. The van der Waals surface area contributed by atoms with Crippen molar-refractivity contribution in [3.63, 3.8) is 0 Å². The number of rotatable bonds is 11. The van der Waals surface area contributed by atoms with Crippen LogP contribution in [-0.2, 0) is 10.8 Å². The summed E-state index contributed by atoms with van der Waals surface area (Å²) in [6.45, 7) is 4.00. The quantitative estimate of drug-likeness (QED) is 0.131. The first kappa shape index (κ1) is 83.7. The molecular weight excluding hydrogens is 1600 g/mol. The van der Waals surface area contributed by atoms with Crippen molar-refractivity contribution in [2.24, 2.45) is 0 Å². The number of para-hydroxylation sites is 8. The molecule has 9 heteroatoms. The van der Waals surface area contributed by atoms with E-state index in [1.54, 1.807) is 0 Å². The third kappa shape index (κ3) is 14.4. The molecule has 4 heterocycles. The van der Waals surface area contributed by atoms with Gasteiger partial charge in [0.25, 0.3) is 0 Å². The molecule has 594 valence electrons. The second kappa shape index (κ2) is 37.2. The van der Waals surface area contributed by atoms with Crippen molar-refractivity contribution in [3.8, 4) is 0 Å². The SMILES string of the molecule is Brc1cccc(N2c3ccccc3[Si](c3ccccc3)(c3ccccc3)c3ccccc32)c1.C.CC.C[O-].[2HH].[Na+].c1ccc(C2(c3ccccc3)c3ccccc3N(c3cccc(N4c5ccccc5[Si](c5ccccc5)(c5ccccc5)c5ccccc54)c3)c3ccccc32)cc1.c1ccc(C2(c3ccccc3)c3ccccc3Nc3ccccc32)cc1. The number of anilines is 11. The summed E-state index contributed by atoms with van der Waals surface area (Å²) < 4.78 is 1.08. The molecule has 0 aliphatic carbocycles. The van der Waals surface area contributed by atoms with Crippen LogP contribution in [0.2, 0.25) is 0 Å². The maximum absolute atomic E-state index is 8.25. The molecular formula is C114H96BrN4NaOSi2. The standard InChI is InChI=1S/C55H40N2Si.C30H22BrNSi.C25H19N.C2H6.CH3O.CH4.Na.H2/c1-5-22-41(23-6-1)55(42-24-7-2-8-25-42)47-32-13-15-34-49(47)56(50-35-16-14-33-48(50)55)43-26-21-27-44(40-43)57-51-36-17-19-38-53(51)58(45-28-9-3-10-29-45,46-30-11-4-12-31-46)54-39-20-18-37-52(54)57;31-23-12-11-13-24(22-23)32-27-18-7-9-20-29(27)33(25-14-3-1-4-15-25,26-16-5-2-6-17-26)30-21-10-8-19-28(30)32;1-3-11-19(12-4-1)25(20-13-5-2-6-14-20)21-15-7-9-17-23(21)26-24-18-10-8-16-22(24)25;2*1-2;;;/h1-40H;1-22H;1-18,26H;1-2H3;1H3;1H4;;1H/q;;;;-1;;+1;/i;;;;;;;1+1. The fourth-order valence-corrected chi connectivity index (χ4v) is 30.3. The third-order valence-electron chi connectivity index (χ3n) is 24.3. The number of hydrogen-bond donors (Lipinski definition) is 1. The van der Waals surface area contributed by atoms with Crippen LogP contribution < -0.4 is 96.2 Å². The molecule has 18 aromatic rings. The van der Waals surface area contributed by atoms with Gasteiger partial charge in [-0.25, -0.2) is 0 Å². The molecule has 18 aromatic carbocycles. The number of hydrogen-bond acceptors (Lipinski definition) is 5. The fraction of sp³-hybridized carbons (Fsp3) is 0.0526. The molecule has 0 bridgehead atoms. The van der Waals surface area contributed by atoms with Crippen LogP contribution >= 0.6 is 15.9 Å². The van der Waals surface area contributed by atoms with Crippen LogP contribution in [0.1, 0.15) is 67.2 Å². The van der Waals surface area contributed by atoms with Gasteiger partial charge in [-0.15, -0.1) is 0 Å². The first-order valence-electron chi connectivity index (χ1n) is 41.7. The predicted octanol–water partition coefficient (Wildman–Crippen LogP) is 20.6. The number of fused-ring (bicyclic) bond motifs is 8. The minimum absolute atomic E-state index is 0. The zero-order valence-corrected chi connectivity index (χ0v) is 74.4. The monoisotopic (exact) mass is 1700 g/mol. The summed E-state index contributed by atoms with van der Waals surface area (Å²) in [4.78, 5) is 7.41. The Bertz CT molecular complexity index is 6070. The van der Waals surface area contributed by atoms with Crippen molar-refractivity contribution in [2.45, 2.75) is 32.1 Å². The third-order valence-corrected chi connectivity index (χ3v) is 34.5. The molecule has 0 atom stereocenters. The molecule has 4 aliphatic rings. The van der Waals surface area contributed by atoms with E-state index in [2.05, 4.69) is 521 Å². The average molecular weight is 1700 g/mol. The summed E-state index contributed by atoms with van der Waals surface area (Å²) in [5.41, 5.74) is 22.4. The van der Waals surface area contributed by atoms with Crippen LogP contribution in [0.3, 0.4) is 0 Å². The average Bonchev–Trinajstić information content (AvgIpc) is 0.693. The van der Waals surface area contributed by atoms with Gasteiger partial charge in [-0.05, 0) is 171 Å². The van der Waals surface area contributed by atoms with Gasteiger partial charge in [0.1, 0.15) is 0 Å². The van der Waals surface area contributed by atoms with Gasteiger partial charge in [-0.2, -0.15) is 7.11 Å². The Hall–Kier alpha value is -13.0. The second-order valence-corrected chi connectivity index (χ2v) is 38.6. The molecule has 4 aliphatic heterocycles. The molecule has 0 fully saturated rings. The van der Waals surface area contributed by atoms with Gasteiger partial charge in [-0.3, -0.25) is 0 Å². The first-order chi connectivity index (χ1) is 60.0. The first-order valence-corrected chi connectivity index (χ1v) is 46.4. The maximum atomic E-state index is 8.25. The van der Waals surface area contributed by atoms with Crippen molar-refractivity contribution in [2.75, 3.05) is 27.1 Å². The van der Waals surface area contributed by atoms with E-state index in [1.165, 1.54) is 132 Å². The molecule has 123 heavy (non-hydrogen) atoms. The Morgan fingerprint density at radius 1 is 0.244 bits per heavy atom. The van der Waals surface area contributed by atoms with Gasteiger partial charge in [0.2, 0.25) is 0 Å². The van der Waals surface area contributed by atoms with Gasteiger partial charge >= 0.3 is 29.6 Å². The van der Waals surface area contributed by atoms with E-state index >= 15 is 0 Å². The smallest absolute Gasteiger partial charge is 0.857 e. The van der Waals surface area contributed by atoms with E-state index in [4.69, 9.17) is 5.11 Å². The fourth-order valence-electron chi connectivity index (χ4n) is 19.7. The summed E-state index contributed by atoms with van der Waals surface area (Å²) in [6.07, 6.45) is 0. The molecule has 0 saturated heterocycles. The Kier molecular flexibility index (Phi) is 25.3. The largest absolute Gasteiger partial charge is 1.00 e. The number of nitrogens with one attached hydrogen (secondary N) is 1. The van der Waals surface area contributed by atoms with E-state index in [-0.39, 0.29) is 43.8 Å². The minimum Gasteiger partial charge on any atom is -0.857 e. The Labute approximate surface area is 759 Å². The van der Waals surface area contributed by atoms with Crippen LogP contribution in [0.15, 0.2) is 490 Å². The number of nitrogens with zero attached hydrogens (tertiary/aromatic N) is 3. The summed E-state index contributed by atoms with van der Waals surface area (Å²) in [6, 6.07) is 178. The van der Waals surface area contributed by atoms with E-state index in [0.717, 1.165) is 28.6 Å². The molecule has 0 spiro atoms. The predicted molar refractivity (Wildman–Crippen MR) is 525 cm³/mol. The van der Waals surface area contributed by atoms with Crippen molar-refractivity contribution in [1.29, 1.82) is 0 Å². The van der Waals surface area contributed by atoms with Gasteiger partial charge in [-0.1, -0.05) is 438 Å². The zero-order valence-electron chi connectivity index (χ0n) is 68.8. The maximum Gasteiger partial charge on any atom is 1.00 e.